The monoisotopic (exact) mass is 674 g/mol. The van der Waals surface area contributed by atoms with E-state index in [1.807, 2.05) is 84.9 Å². The van der Waals surface area contributed by atoms with Crippen LogP contribution in [-0.2, 0) is 21.0 Å². The van der Waals surface area contributed by atoms with Crippen molar-refractivity contribution in [2.45, 2.75) is 17.4 Å². The molecule has 5 aromatic rings. The van der Waals surface area contributed by atoms with E-state index < -0.39 is 29.1 Å². The zero-order valence-electron chi connectivity index (χ0n) is 25.5. The number of hydrogen-bond acceptors (Lipinski definition) is 7. The van der Waals surface area contributed by atoms with Gasteiger partial charge in [0, 0.05) is 23.2 Å². The molecule has 0 aromatic heterocycles. The third-order valence-electron chi connectivity index (χ3n) is 7.33. The van der Waals surface area contributed by atoms with E-state index in [4.69, 9.17) is 9.47 Å². The van der Waals surface area contributed by atoms with Crippen molar-refractivity contribution in [2.75, 3.05) is 30.8 Å². The molecular weight excluding hydrogens is 638 g/mol. The standard InChI is InChI=1S/C36H36FN2O6PS/c37-35-21-20-31(24-36(35)39-47(42,43)34-14-8-3-9-15-34)44-26-29(40)25-38-23-22-28-16-18-30(19-17-28)45-27-46(41,32-10-4-1-5-11-32)33-12-6-2-7-13-33/h1-21,24,29,38-40H,22-23,25-27H2/t29-/m0/s1. The molecule has 3 N–H and O–H groups in total. The zero-order valence-corrected chi connectivity index (χ0v) is 27.2. The molecule has 0 radical (unpaired) electrons. The summed E-state index contributed by atoms with van der Waals surface area (Å²) in [5.41, 5.74) is 0.804. The van der Waals surface area contributed by atoms with Gasteiger partial charge in [-0.25, -0.2) is 12.8 Å². The van der Waals surface area contributed by atoms with Gasteiger partial charge in [-0.15, -0.1) is 0 Å². The van der Waals surface area contributed by atoms with E-state index in [-0.39, 0.29) is 35.8 Å². The van der Waals surface area contributed by atoms with E-state index in [1.54, 1.807) is 18.2 Å². The van der Waals surface area contributed by atoms with Gasteiger partial charge >= 0.3 is 0 Å². The van der Waals surface area contributed by atoms with Crippen molar-refractivity contribution in [1.82, 2.24) is 5.32 Å². The van der Waals surface area contributed by atoms with Crippen molar-refractivity contribution in [2.24, 2.45) is 0 Å². The van der Waals surface area contributed by atoms with Gasteiger partial charge in [0.25, 0.3) is 10.0 Å². The predicted octanol–water partition coefficient (Wildman–Crippen LogP) is 5.55. The molecular formula is C36H36FN2O6PS. The lowest BCUT2D eigenvalue weighted by molar-refractivity contribution is 0.106. The van der Waals surface area contributed by atoms with E-state index in [9.17, 15) is 22.5 Å². The summed E-state index contributed by atoms with van der Waals surface area (Å²) >= 11 is 0. The van der Waals surface area contributed by atoms with Gasteiger partial charge in [0.2, 0.25) is 0 Å². The number of benzene rings is 5. The van der Waals surface area contributed by atoms with E-state index in [2.05, 4.69) is 10.0 Å². The summed E-state index contributed by atoms with van der Waals surface area (Å²) in [6.07, 6.45) is -0.113. The summed E-state index contributed by atoms with van der Waals surface area (Å²) in [5, 5.41) is 15.1. The van der Waals surface area contributed by atoms with Crippen LogP contribution in [0.1, 0.15) is 5.56 Å². The van der Waals surface area contributed by atoms with Crippen molar-refractivity contribution < 1.29 is 32.0 Å². The summed E-state index contributed by atoms with van der Waals surface area (Å²) in [7, 11) is -6.97. The molecule has 0 heterocycles. The average molecular weight is 675 g/mol. The second kappa shape index (κ2) is 15.9. The van der Waals surface area contributed by atoms with Crippen LogP contribution in [0.15, 0.2) is 138 Å². The minimum Gasteiger partial charge on any atom is -0.491 e. The Kier molecular flexibility index (Phi) is 11.5. The number of halogens is 1. The molecule has 0 spiro atoms. The maximum absolute atomic E-state index is 14.3. The first-order valence-electron chi connectivity index (χ1n) is 15.0. The fourth-order valence-electron chi connectivity index (χ4n) is 4.78. The topological polar surface area (TPSA) is 114 Å². The van der Waals surface area contributed by atoms with Crippen LogP contribution in [0.5, 0.6) is 11.5 Å². The summed E-state index contributed by atoms with van der Waals surface area (Å²) < 4.78 is 67.5. The van der Waals surface area contributed by atoms with Crippen molar-refractivity contribution in [3.8, 4) is 11.5 Å². The van der Waals surface area contributed by atoms with Crippen molar-refractivity contribution >= 4 is 33.5 Å². The summed E-state index contributed by atoms with van der Waals surface area (Å²) in [5.74, 6) is 0.0821. The van der Waals surface area contributed by atoms with Crippen LogP contribution >= 0.6 is 7.14 Å². The molecule has 5 aromatic carbocycles. The number of hydrogen-bond donors (Lipinski definition) is 3. The van der Waals surface area contributed by atoms with Crippen LogP contribution < -0.4 is 30.1 Å². The summed E-state index contributed by atoms with van der Waals surface area (Å²) in [6.45, 7) is 0.770. The predicted molar refractivity (Wildman–Crippen MR) is 183 cm³/mol. The lowest BCUT2D eigenvalue weighted by Gasteiger charge is -2.20. The van der Waals surface area contributed by atoms with Gasteiger partial charge in [-0.2, -0.15) is 0 Å². The van der Waals surface area contributed by atoms with Crippen molar-refractivity contribution in [1.29, 1.82) is 0 Å². The Labute approximate surface area is 274 Å². The van der Waals surface area contributed by atoms with Crippen LogP contribution in [0.25, 0.3) is 0 Å². The molecule has 11 heteroatoms. The first kappa shape index (κ1) is 33.9. The highest BCUT2D eigenvalue weighted by atomic mass is 32.2. The number of anilines is 1. The number of rotatable bonds is 16. The molecule has 8 nitrogen and oxygen atoms in total. The third-order valence-corrected chi connectivity index (χ3v) is 11.5. The minimum atomic E-state index is -3.98. The quantitative estimate of drug-likeness (QED) is 0.0930. The van der Waals surface area contributed by atoms with Gasteiger partial charge in [-0.05, 0) is 54.9 Å². The van der Waals surface area contributed by atoms with Crippen LogP contribution in [0.2, 0.25) is 0 Å². The Hall–Kier alpha value is -4.47. The van der Waals surface area contributed by atoms with Crippen molar-refractivity contribution in [3.05, 3.63) is 145 Å². The SMILES string of the molecule is O=P(COc1ccc(CCNC[C@H](O)COc2ccc(F)c(NS(=O)(=O)c3ccccc3)c2)cc1)(c1ccccc1)c1ccccc1. The van der Waals surface area contributed by atoms with Crippen molar-refractivity contribution in [3.63, 3.8) is 0 Å². The Morgan fingerprint density at radius 1 is 0.745 bits per heavy atom. The van der Waals surface area contributed by atoms with Crippen LogP contribution in [0.4, 0.5) is 10.1 Å². The summed E-state index contributed by atoms with van der Waals surface area (Å²) in [4.78, 5) is 0.00525. The molecule has 0 fully saturated rings. The first-order valence-corrected chi connectivity index (χ1v) is 18.4. The fraction of sp³-hybridized carbons (Fsp3) is 0.167. The first-order chi connectivity index (χ1) is 22.7. The zero-order chi connectivity index (χ0) is 33.1. The lowest BCUT2D eigenvalue weighted by atomic mass is 10.1. The number of sulfonamides is 1. The highest BCUT2D eigenvalue weighted by molar-refractivity contribution is 7.92. The number of aliphatic hydroxyl groups excluding tert-OH is 1. The normalized spacial score (nSPS) is 12.3. The highest BCUT2D eigenvalue weighted by Gasteiger charge is 2.28. The molecule has 244 valence electrons. The van der Waals surface area contributed by atoms with Gasteiger partial charge in [-0.3, -0.25) is 4.72 Å². The maximum atomic E-state index is 14.3. The van der Waals surface area contributed by atoms with Gasteiger partial charge in [-0.1, -0.05) is 91.0 Å². The van der Waals surface area contributed by atoms with E-state index in [1.165, 1.54) is 24.3 Å². The third kappa shape index (κ3) is 9.30. The van der Waals surface area contributed by atoms with E-state index in [0.717, 1.165) is 22.2 Å². The number of aliphatic hydroxyl groups is 1. The Morgan fingerprint density at radius 3 is 1.94 bits per heavy atom. The van der Waals surface area contributed by atoms with E-state index >= 15 is 0 Å². The molecule has 0 saturated heterocycles. The van der Waals surface area contributed by atoms with Gasteiger partial charge in [0.05, 0.1) is 10.6 Å². The molecule has 0 aliphatic carbocycles. The van der Waals surface area contributed by atoms with Crippen LogP contribution in [0.3, 0.4) is 0 Å². The van der Waals surface area contributed by atoms with Gasteiger partial charge in [0.1, 0.15) is 36.4 Å². The maximum Gasteiger partial charge on any atom is 0.261 e. The Balaban J connectivity index is 1.06. The van der Waals surface area contributed by atoms with Gasteiger partial charge < -0.3 is 24.5 Å². The number of nitrogens with one attached hydrogen (secondary N) is 2. The smallest absolute Gasteiger partial charge is 0.261 e. The average Bonchev–Trinajstić information content (AvgIpc) is 3.11. The largest absolute Gasteiger partial charge is 0.491 e. The molecule has 0 aliphatic rings. The molecule has 0 amide bonds. The molecule has 1 atom stereocenters. The minimum absolute atomic E-state index is 0.00525. The number of ether oxygens (including phenoxy) is 2. The molecule has 0 unspecified atom stereocenters. The molecule has 0 aliphatic heterocycles. The Morgan fingerprint density at radius 2 is 1.32 bits per heavy atom. The molecule has 47 heavy (non-hydrogen) atoms. The van der Waals surface area contributed by atoms with E-state index in [0.29, 0.717) is 18.7 Å². The summed E-state index contributed by atoms with van der Waals surface area (Å²) in [6, 6.07) is 37.8. The van der Waals surface area contributed by atoms with Crippen LogP contribution in [0, 0.1) is 5.82 Å². The lowest BCUT2D eigenvalue weighted by Crippen LogP contribution is -2.32. The van der Waals surface area contributed by atoms with Gasteiger partial charge in [0.15, 0.2) is 7.14 Å². The highest BCUT2D eigenvalue weighted by Crippen LogP contribution is 2.43. The van der Waals surface area contributed by atoms with Crippen LogP contribution in [-0.4, -0.2) is 45.7 Å². The molecule has 5 rings (SSSR count). The molecule has 0 bridgehead atoms. The fourth-order valence-corrected chi connectivity index (χ4v) is 8.10. The second-order valence-corrected chi connectivity index (χ2v) is 15.3. The second-order valence-electron chi connectivity index (χ2n) is 10.8. The Bertz CT molecular complexity index is 1840. The molecule has 0 saturated carbocycles.